The molecule has 0 atom stereocenters. The Morgan fingerprint density at radius 2 is 2.06 bits per heavy atom. The number of hydrogen-bond donors (Lipinski definition) is 1. The number of benzene rings is 1. The van der Waals surface area contributed by atoms with Gasteiger partial charge in [-0.2, -0.15) is 0 Å². The van der Waals surface area contributed by atoms with E-state index < -0.39 is 0 Å². The monoisotopic (exact) mass is 232 g/mol. The molecule has 3 heteroatoms. The summed E-state index contributed by atoms with van der Waals surface area (Å²) < 4.78 is 5.66. The summed E-state index contributed by atoms with van der Waals surface area (Å²) in [7, 11) is 0. The number of fused-ring (bicyclic) bond motifs is 1. The fourth-order valence-electron chi connectivity index (χ4n) is 1.75. The zero-order valence-electron chi connectivity index (χ0n) is 11.0. The summed E-state index contributed by atoms with van der Waals surface area (Å²) in [5, 5.41) is 3.21. The Balaban J connectivity index is 2.34. The first-order valence-corrected chi connectivity index (χ1v) is 6.11. The van der Waals surface area contributed by atoms with E-state index in [9.17, 15) is 0 Å². The maximum atomic E-state index is 5.66. The van der Waals surface area contributed by atoms with Crippen molar-refractivity contribution in [3.8, 4) is 0 Å². The van der Waals surface area contributed by atoms with E-state index in [0.717, 1.165) is 23.5 Å². The van der Waals surface area contributed by atoms with Crippen LogP contribution in [0, 0.1) is 0 Å². The maximum Gasteiger partial charge on any atom is 0.209 e. The Bertz CT molecular complexity index is 508. The lowest BCUT2D eigenvalue weighted by Crippen LogP contribution is -2.11. The molecule has 0 saturated heterocycles. The molecule has 2 aromatic rings. The van der Waals surface area contributed by atoms with Crippen LogP contribution < -0.4 is 5.32 Å². The number of hydrogen-bond acceptors (Lipinski definition) is 3. The lowest BCUT2D eigenvalue weighted by molar-refractivity contribution is 0.501. The molecular weight excluding hydrogens is 212 g/mol. The minimum atomic E-state index is 0.148. The summed E-state index contributed by atoms with van der Waals surface area (Å²) in [5.74, 6) is 0.757. The fraction of sp³-hybridized carbons (Fsp3) is 0.500. The summed E-state index contributed by atoms with van der Waals surface area (Å²) in [6.45, 7) is 10.3. The Morgan fingerprint density at radius 1 is 1.29 bits per heavy atom. The van der Waals surface area contributed by atoms with Crippen LogP contribution in [0.1, 0.15) is 39.1 Å². The van der Waals surface area contributed by atoms with Crippen molar-refractivity contribution in [2.45, 2.75) is 39.7 Å². The third-order valence-corrected chi connectivity index (χ3v) is 2.82. The van der Waals surface area contributed by atoms with Crippen LogP contribution in [0.5, 0.6) is 0 Å². The van der Waals surface area contributed by atoms with E-state index in [1.54, 1.807) is 0 Å². The van der Waals surface area contributed by atoms with Gasteiger partial charge in [0, 0.05) is 0 Å². The zero-order chi connectivity index (χ0) is 12.5. The van der Waals surface area contributed by atoms with Crippen LogP contribution in [0.15, 0.2) is 22.6 Å². The minimum absolute atomic E-state index is 0.148. The first-order valence-electron chi connectivity index (χ1n) is 6.11. The molecule has 0 aliphatic carbocycles. The number of nitrogens with one attached hydrogen (secondary N) is 1. The van der Waals surface area contributed by atoms with Gasteiger partial charge in [-0.15, -0.1) is 0 Å². The highest BCUT2D eigenvalue weighted by Gasteiger charge is 2.15. The van der Waals surface area contributed by atoms with E-state index in [4.69, 9.17) is 4.42 Å². The average molecular weight is 232 g/mol. The van der Waals surface area contributed by atoms with Gasteiger partial charge in [-0.05, 0) is 29.7 Å². The van der Waals surface area contributed by atoms with Gasteiger partial charge < -0.3 is 9.73 Å². The van der Waals surface area contributed by atoms with Crippen molar-refractivity contribution in [1.82, 2.24) is 10.3 Å². The molecule has 0 radical (unpaired) electrons. The molecule has 3 nitrogen and oxygen atoms in total. The fourth-order valence-corrected chi connectivity index (χ4v) is 1.75. The van der Waals surface area contributed by atoms with E-state index in [0.29, 0.717) is 6.54 Å². The van der Waals surface area contributed by atoms with Crippen molar-refractivity contribution < 1.29 is 4.42 Å². The highest BCUT2D eigenvalue weighted by molar-refractivity contribution is 5.73. The third-order valence-electron chi connectivity index (χ3n) is 2.82. The standard InChI is InChI=1S/C14H20N2O/c1-5-15-9-13-16-11-8-10(14(2,3)4)6-7-12(11)17-13/h6-8,15H,5,9H2,1-4H3. The van der Waals surface area contributed by atoms with Crippen molar-refractivity contribution in [1.29, 1.82) is 0 Å². The quantitative estimate of drug-likeness (QED) is 0.882. The van der Waals surface area contributed by atoms with Crippen molar-refractivity contribution in [2.24, 2.45) is 0 Å². The lowest BCUT2D eigenvalue weighted by Gasteiger charge is -2.18. The van der Waals surface area contributed by atoms with Gasteiger partial charge in [0.15, 0.2) is 5.58 Å². The van der Waals surface area contributed by atoms with Crippen LogP contribution in [-0.4, -0.2) is 11.5 Å². The second-order valence-electron chi connectivity index (χ2n) is 5.32. The molecule has 1 heterocycles. The zero-order valence-corrected chi connectivity index (χ0v) is 11.0. The Labute approximate surface area is 102 Å². The Hall–Kier alpha value is -1.35. The Kier molecular flexibility index (Phi) is 3.20. The molecule has 0 bridgehead atoms. The molecule has 1 aromatic heterocycles. The van der Waals surface area contributed by atoms with E-state index in [-0.39, 0.29) is 5.41 Å². The maximum absolute atomic E-state index is 5.66. The second-order valence-corrected chi connectivity index (χ2v) is 5.32. The first-order chi connectivity index (χ1) is 8.00. The smallest absolute Gasteiger partial charge is 0.209 e. The predicted octanol–water partition coefficient (Wildman–Crippen LogP) is 3.23. The summed E-state index contributed by atoms with van der Waals surface area (Å²) in [6, 6.07) is 6.25. The second kappa shape index (κ2) is 4.49. The molecule has 1 N–H and O–H groups in total. The predicted molar refractivity (Wildman–Crippen MR) is 70.1 cm³/mol. The summed E-state index contributed by atoms with van der Waals surface area (Å²) in [4.78, 5) is 4.50. The van der Waals surface area contributed by atoms with Crippen molar-refractivity contribution in [3.63, 3.8) is 0 Å². The molecule has 0 amide bonds. The Morgan fingerprint density at radius 3 is 2.71 bits per heavy atom. The van der Waals surface area contributed by atoms with E-state index in [1.165, 1.54) is 5.56 Å². The first kappa shape index (κ1) is 12.1. The number of nitrogens with zero attached hydrogens (tertiary/aromatic N) is 1. The minimum Gasteiger partial charge on any atom is -0.439 e. The van der Waals surface area contributed by atoms with Crippen molar-refractivity contribution >= 4 is 11.1 Å². The largest absolute Gasteiger partial charge is 0.439 e. The number of oxazole rings is 1. The van der Waals surface area contributed by atoms with Crippen LogP contribution in [0.25, 0.3) is 11.1 Å². The topological polar surface area (TPSA) is 38.1 Å². The highest BCUT2D eigenvalue weighted by Crippen LogP contribution is 2.26. The van der Waals surface area contributed by atoms with Gasteiger partial charge in [0.25, 0.3) is 0 Å². The molecule has 0 unspecified atom stereocenters. The van der Waals surface area contributed by atoms with Gasteiger partial charge in [0.05, 0.1) is 6.54 Å². The van der Waals surface area contributed by atoms with Gasteiger partial charge in [0.2, 0.25) is 5.89 Å². The molecule has 0 aliphatic heterocycles. The van der Waals surface area contributed by atoms with Gasteiger partial charge in [0.1, 0.15) is 5.52 Å². The van der Waals surface area contributed by atoms with Crippen LogP contribution in [0.4, 0.5) is 0 Å². The van der Waals surface area contributed by atoms with Gasteiger partial charge in [-0.3, -0.25) is 0 Å². The molecule has 0 aliphatic rings. The molecule has 92 valence electrons. The van der Waals surface area contributed by atoms with Crippen LogP contribution in [0.2, 0.25) is 0 Å². The molecule has 0 fully saturated rings. The van der Waals surface area contributed by atoms with Gasteiger partial charge in [-0.1, -0.05) is 33.8 Å². The molecule has 2 rings (SSSR count). The molecule has 17 heavy (non-hydrogen) atoms. The van der Waals surface area contributed by atoms with Crippen molar-refractivity contribution in [3.05, 3.63) is 29.7 Å². The van der Waals surface area contributed by atoms with E-state index >= 15 is 0 Å². The van der Waals surface area contributed by atoms with Crippen molar-refractivity contribution in [2.75, 3.05) is 6.54 Å². The van der Waals surface area contributed by atoms with Gasteiger partial charge >= 0.3 is 0 Å². The highest BCUT2D eigenvalue weighted by atomic mass is 16.3. The lowest BCUT2D eigenvalue weighted by atomic mass is 9.87. The van der Waals surface area contributed by atoms with E-state index in [2.05, 4.69) is 50.1 Å². The third kappa shape index (κ3) is 2.67. The molecular formula is C14H20N2O. The molecule has 0 saturated carbocycles. The average Bonchev–Trinajstić information content (AvgIpc) is 2.66. The van der Waals surface area contributed by atoms with Gasteiger partial charge in [-0.25, -0.2) is 4.98 Å². The molecule has 1 aromatic carbocycles. The van der Waals surface area contributed by atoms with E-state index in [1.807, 2.05) is 6.07 Å². The number of aromatic nitrogens is 1. The van der Waals surface area contributed by atoms with Crippen LogP contribution >= 0.6 is 0 Å². The summed E-state index contributed by atoms with van der Waals surface area (Å²) in [6.07, 6.45) is 0. The summed E-state index contributed by atoms with van der Waals surface area (Å²) in [5.41, 5.74) is 3.25. The normalized spacial score (nSPS) is 12.2. The SMILES string of the molecule is CCNCc1nc2cc(C(C)(C)C)ccc2o1. The van der Waals surface area contributed by atoms with Crippen LogP contribution in [0.3, 0.4) is 0 Å². The van der Waals surface area contributed by atoms with Crippen LogP contribution in [-0.2, 0) is 12.0 Å². The number of rotatable bonds is 3. The molecule has 0 spiro atoms. The summed E-state index contributed by atoms with van der Waals surface area (Å²) >= 11 is 0.